The maximum absolute atomic E-state index is 5.88. The summed E-state index contributed by atoms with van der Waals surface area (Å²) in [6.07, 6.45) is 8.91. The lowest BCUT2D eigenvalue weighted by atomic mass is 9.65. The van der Waals surface area contributed by atoms with E-state index in [2.05, 4.69) is 16.4 Å². The van der Waals surface area contributed by atoms with Gasteiger partial charge in [0, 0.05) is 11.7 Å². The molecule has 0 unspecified atom stereocenters. The number of hydrogen-bond donors (Lipinski definition) is 1. The second-order valence-corrected chi connectivity index (χ2v) is 6.28. The van der Waals surface area contributed by atoms with E-state index in [1.165, 1.54) is 37.8 Å². The number of rotatable bonds is 3. The number of benzene rings is 1. The number of pyridine rings is 1. The molecule has 1 spiro atoms. The van der Waals surface area contributed by atoms with Gasteiger partial charge in [0.15, 0.2) is 0 Å². The minimum atomic E-state index is 0.432. The zero-order valence-electron chi connectivity index (χ0n) is 12.1. The predicted molar refractivity (Wildman–Crippen MR) is 82.7 cm³/mol. The molecule has 1 N–H and O–H groups in total. The van der Waals surface area contributed by atoms with E-state index < -0.39 is 0 Å². The summed E-state index contributed by atoms with van der Waals surface area (Å²) in [6, 6.07) is 12.0. The molecule has 108 valence electrons. The van der Waals surface area contributed by atoms with Crippen molar-refractivity contribution in [3.05, 3.63) is 54.4 Å². The second-order valence-electron chi connectivity index (χ2n) is 6.28. The Kier molecular flexibility index (Phi) is 3.15. The quantitative estimate of drug-likeness (QED) is 0.926. The third kappa shape index (κ3) is 2.54. The van der Waals surface area contributed by atoms with Gasteiger partial charge in [0.25, 0.3) is 0 Å². The fourth-order valence-corrected chi connectivity index (χ4v) is 3.68. The Morgan fingerprint density at radius 1 is 1.10 bits per heavy atom. The van der Waals surface area contributed by atoms with Gasteiger partial charge in [-0.1, -0.05) is 18.2 Å². The van der Waals surface area contributed by atoms with Gasteiger partial charge in [0.2, 0.25) is 0 Å². The average Bonchev–Trinajstić information content (AvgIpc) is 2.97. The van der Waals surface area contributed by atoms with Crippen LogP contribution in [0, 0.1) is 0 Å². The maximum atomic E-state index is 5.88. The van der Waals surface area contributed by atoms with Gasteiger partial charge < -0.3 is 10.1 Å². The van der Waals surface area contributed by atoms with Crippen molar-refractivity contribution < 1.29 is 4.74 Å². The first-order valence-electron chi connectivity index (χ1n) is 7.76. The molecule has 2 aliphatic rings. The molecular weight excluding hydrogens is 260 g/mol. The summed E-state index contributed by atoms with van der Waals surface area (Å²) in [6.45, 7) is 1.18. The van der Waals surface area contributed by atoms with Crippen LogP contribution in [0.15, 0.2) is 48.8 Å². The van der Waals surface area contributed by atoms with Crippen LogP contribution in [-0.4, -0.2) is 17.1 Å². The second kappa shape index (κ2) is 5.15. The first-order chi connectivity index (χ1) is 10.3. The Morgan fingerprint density at radius 2 is 1.95 bits per heavy atom. The van der Waals surface area contributed by atoms with Gasteiger partial charge in [-0.05, 0) is 61.9 Å². The molecule has 1 aliphatic heterocycles. The van der Waals surface area contributed by atoms with Gasteiger partial charge in [0.1, 0.15) is 11.5 Å². The first kappa shape index (κ1) is 12.8. The lowest BCUT2D eigenvalue weighted by Crippen LogP contribution is -2.50. The van der Waals surface area contributed by atoms with Crippen LogP contribution in [0.1, 0.15) is 37.2 Å². The van der Waals surface area contributed by atoms with E-state index in [1.54, 1.807) is 6.20 Å². The minimum Gasteiger partial charge on any atom is -0.456 e. The largest absolute Gasteiger partial charge is 0.456 e. The van der Waals surface area contributed by atoms with Crippen LogP contribution in [0.5, 0.6) is 11.5 Å². The molecule has 0 bridgehead atoms. The van der Waals surface area contributed by atoms with Gasteiger partial charge in [-0.3, -0.25) is 4.98 Å². The molecular formula is C18H20N2O. The minimum absolute atomic E-state index is 0.432. The van der Waals surface area contributed by atoms with Gasteiger partial charge in [0.05, 0.1) is 6.20 Å². The van der Waals surface area contributed by atoms with Crippen LogP contribution in [0.4, 0.5) is 0 Å². The Morgan fingerprint density at radius 3 is 2.71 bits per heavy atom. The summed E-state index contributed by atoms with van der Waals surface area (Å²) in [7, 11) is 0. The Labute approximate surface area is 125 Å². The van der Waals surface area contributed by atoms with Crippen LogP contribution in [-0.2, 0) is 0 Å². The number of nitrogens with one attached hydrogen (secondary N) is 1. The lowest BCUT2D eigenvalue weighted by Gasteiger charge is -2.45. The Bertz CT molecular complexity index is 612. The van der Waals surface area contributed by atoms with E-state index in [9.17, 15) is 0 Å². The molecule has 2 aromatic rings. The number of nitrogens with zero attached hydrogens (tertiary/aromatic N) is 1. The molecule has 21 heavy (non-hydrogen) atoms. The van der Waals surface area contributed by atoms with E-state index in [0.717, 1.165) is 11.5 Å². The standard InChI is InChI=1S/C18H20N2O/c1-2-5-16(6-3-1)21-17-9-14(12-19-13-17)15-10-18(11-15)7-4-8-20-18/h1-3,5-6,9,12-13,15,20H,4,7-8,10-11H2. The first-order valence-corrected chi connectivity index (χ1v) is 7.76. The van der Waals surface area contributed by atoms with Gasteiger partial charge in [-0.25, -0.2) is 0 Å². The highest BCUT2D eigenvalue weighted by atomic mass is 16.5. The van der Waals surface area contributed by atoms with Crippen molar-refractivity contribution in [3.8, 4) is 11.5 Å². The van der Waals surface area contributed by atoms with Crippen LogP contribution < -0.4 is 10.1 Å². The summed E-state index contributed by atoms with van der Waals surface area (Å²) < 4.78 is 5.88. The number of hydrogen-bond acceptors (Lipinski definition) is 3. The van der Waals surface area contributed by atoms with E-state index in [1.807, 2.05) is 36.5 Å². The van der Waals surface area contributed by atoms with Crippen LogP contribution in [0.3, 0.4) is 0 Å². The van der Waals surface area contributed by atoms with Crippen LogP contribution in [0.25, 0.3) is 0 Å². The number of para-hydroxylation sites is 1. The SMILES string of the molecule is c1ccc(Oc2cncc(C3CC4(CCCN4)C3)c2)cc1. The fraction of sp³-hybridized carbons (Fsp3) is 0.389. The van der Waals surface area contributed by atoms with E-state index in [0.29, 0.717) is 11.5 Å². The lowest BCUT2D eigenvalue weighted by molar-refractivity contribution is 0.178. The molecule has 1 saturated heterocycles. The van der Waals surface area contributed by atoms with E-state index in [-0.39, 0.29) is 0 Å². The maximum Gasteiger partial charge on any atom is 0.145 e. The topological polar surface area (TPSA) is 34.1 Å². The summed E-state index contributed by atoms with van der Waals surface area (Å²) in [5.41, 5.74) is 1.74. The fourth-order valence-electron chi connectivity index (χ4n) is 3.68. The number of ether oxygens (including phenoxy) is 1. The third-order valence-corrected chi connectivity index (χ3v) is 4.79. The smallest absolute Gasteiger partial charge is 0.145 e. The molecule has 2 fully saturated rings. The third-order valence-electron chi connectivity index (χ3n) is 4.79. The molecule has 1 aromatic heterocycles. The monoisotopic (exact) mass is 280 g/mol. The van der Waals surface area contributed by atoms with Crippen molar-refractivity contribution in [1.29, 1.82) is 0 Å². The van der Waals surface area contributed by atoms with Crippen molar-refractivity contribution in [2.24, 2.45) is 0 Å². The van der Waals surface area contributed by atoms with Crippen molar-refractivity contribution >= 4 is 0 Å². The summed E-state index contributed by atoms with van der Waals surface area (Å²) >= 11 is 0. The zero-order valence-corrected chi connectivity index (χ0v) is 12.1. The summed E-state index contributed by atoms with van der Waals surface area (Å²) in [5, 5.41) is 3.67. The molecule has 1 aromatic carbocycles. The molecule has 3 nitrogen and oxygen atoms in total. The van der Waals surface area contributed by atoms with Crippen molar-refractivity contribution in [3.63, 3.8) is 0 Å². The van der Waals surface area contributed by atoms with Crippen LogP contribution in [0.2, 0.25) is 0 Å². The molecule has 0 radical (unpaired) electrons. The molecule has 3 heteroatoms. The Balaban J connectivity index is 1.46. The van der Waals surface area contributed by atoms with E-state index >= 15 is 0 Å². The predicted octanol–water partition coefficient (Wildman–Crippen LogP) is 3.87. The van der Waals surface area contributed by atoms with E-state index in [4.69, 9.17) is 4.74 Å². The van der Waals surface area contributed by atoms with Crippen molar-refractivity contribution in [1.82, 2.24) is 10.3 Å². The average molecular weight is 280 g/mol. The van der Waals surface area contributed by atoms with Crippen molar-refractivity contribution in [2.75, 3.05) is 6.54 Å². The molecule has 1 aliphatic carbocycles. The zero-order chi connectivity index (χ0) is 14.1. The number of aromatic nitrogens is 1. The molecule has 4 rings (SSSR count). The van der Waals surface area contributed by atoms with Gasteiger partial charge in [-0.2, -0.15) is 0 Å². The molecule has 0 amide bonds. The normalized spacial score (nSPS) is 27.5. The highest BCUT2D eigenvalue weighted by Crippen LogP contribution is 2.49. The van der Waals surface area contributed by atoms with Crippen molar-refractivity contribution in [2.45, 2.75) is 37.1 Å². The molecule has 0 atom stereocenters. The van der Waals surface area contributed by atoms with Gasteiger partial charge >= 0.3 is 0 Å². The highest BCUT2D eigenvalue weighted by molar-refractivity contribution is 5.34. The highest BCUT2D eigenvalue weighted by Gasteiger charge is 2.46. The van der Waals surface area contributed by atoms with Crippen LogP contribution >= 0.6 is 0 Å². The molecule has 2 heterocycles. The summed E-state index contributed by atoms with van der Waals surface area (Å²) in [4.78, 5) is 4.35. The molecule has 1 saturated carbocycles. The van der Waals surface area contributed by atoms with Gasteiger partial charge in [-0.15, -0.1) is 0 Å². The summed E-state index contributed by atoms with van der Waals surface area (Å²) in [5.74, 6) is 2.32. The Hall–Kier alpha value is -1.87.